The Balaban J connectivity index is 1.27. The van der Waals surface area contributed by atoms with E-state index in [9.17, 15) is 5.11 Å². The first-order chi connectivity index (χ1) is 15.2. The Bertz CT molecular complexity index is 960. The van der Waals surface area contributed by atoms with E-state index in [2.05, 4.69) is 47.4 Å². The summed E-state index contributed by atoms with van der Waals surface area (Å²) in [5.41, 5.74) is 2.59. The third kappa shape index (κ3) is 4.52. The second-order valence-corrected chi connectivity index (χ2v) is 8.74. The highest BCUT2D eigenvalue weighted by molar-refractivity contribution is 5.32. The number of morpholine rings is 1. The first-order valence-electron chi connectivity index (χ1n) is 11.1. The van der Waals surface area contributed by atoms with Crippen LogP contribution in [0.5, 0.6) is 5.75 Å². The lowest BCUT2D eigenvalue weighted by atomic mass is 9.76. The van der Waals surface area contributed by atoms with Crippen LogP contribution in [0.25, 0.3) is 0 Å². The minimum atomic E-state index is -0.829. The van der Waals surface area contributed by atoms with Crippen molar-refractivity contribution in [2.75, 3.05) is 13.2 Å². The summed E-state index contributed by atoms with van der Waals surface area (Å²) in [5, 5.41) is 11.6. The highest BCUT2D eigenvalue weighted by Crippen LogP contribution is 2.42. The fourth-order valence-corrected chi connectivity index (χ4v) is 4.94. The van der Waals surface area contributed by atoms with Gasteiger partial charge in [-0.05, 0) is 41.7 Å². The molecular weight excluding hydrogens is 386 g/mol. The fourth-order valence-electron chi connectivity index (χ4n) is 4.94. The second kappa shape index (κ2) is 8.83. The van der Waals surface area contributed by atoms with Crippen LogP contribution in [0.3, 0.4) is 0 Å². The van der Waals surface area contributed by atoms with Crippen molar-refractivity contribution in [1.29, 1.82) is 0 Å². The lowest BCUT2D eigenvalue weighted by Gasteiger charge is -2.52. The van der Waals surface area contributed by atoms with Gasteiger partial charge >= 0.3 is 0 Å². The van der Waals surface area contributed by atoms with Crippen molar-refractivity contribution in [3.63, 3.8) is 0 Å². The lowest BCUT2D eigenvalue weighted by molar-refractivity contribution is -0.149. The van der Waals surface area contributed by atoms with Gasteiger partial charge in [-0.15, -0.1) is 0 Å². The van der Waals surface area contributed by atoms with Crippen LogP contribution >= 0.6 is 0 Å². The number of rotatable bonds is 6. The molecule has 160 valence electrons. The Morgan fingerprint density at radius 3 is 2.00 bits per heavy atom. The van der Waals surface area contributed by atoms with Gasteiger partial charge in [0.05, 0.1) is 18.8 Å². The van der Waals surface area contributed by atoms with E-state index >= 15 is 0 Å². The van der Waals surface area contributed by atoms with Gasteiger partial charge in [0.2, 0.25) is 0 Å². The molecule has 0 aliphatic carbocycles. The van der Waals surface area contributed by atoms with Crippen LogP contribution < -0.4 is 4.74 Å². The topological polar surface area (TPSA) is 41.9 Å². The monoisotopic (exact) mass is 415 g/mol. The van der Waals surface area contributed by atoms with Crippen molar-refractivity contribution in [3.05, 3.63) is 102 Å². The van der Waals surface area contributed by atoms with Crippen LogP contribution in [-0.2, 0) is 23.5 Å². The highest BCUT2D eigenvalue weighted by atomic mass is 16.5. The standard InChI is InChI=1S/C27H29NO3/c29-27(23-11-13-26(14-12-23)31-18-22-9-5-2-6-10-22)15-24-19-30-20-25(16-27)28(24)17-21-7-3-1-4-8-21/h1-14,24-25,29H,15-20H2. The number of hydrogen-bond acceptors (Lipinski definition) is 4. The summed E-state index contributed by atoms with van der Waals surface area (Å²) in [7, 11) is 0. The summed E-state index contributed by atoms with van der Waals surface area (Å²) in [4.78, 5) is 2.52. The van der Waals surface area contributed by atoms with E-state index in [1.807, 2.05) is 42.5 Å². The SMILES string of the molecule is OC1(c2ccc(OCc3ccccc3)cc2)CC2COCC(C1)N2Cc1ccccc1. The maximum absolute atomic E-state index is 11.6. The zero-order valence-electron chi connectivity index (χ0n) is 17.7. The molecule has 2 atom stereocenters. The number of aliphatic hydroxyl groups is 1. The van der Waals surface area contributed by atoms with E-state index in [1.54, 1.807) is 0 Å². The summed E-state index contributed by atoms with van der Waals surface area (Å²) in [6.07, 6.45) is 1.36. The van der Waals surface area contributed by atoms with Crippen LogP contribution in [0.2, 0.25) is 0 Å². The van der Waals surface area contributed by atoms with E-state index in [0.717, 1.165) is 23.4 Å². The van der Waals surface area contributed by atoms with E-state index in [-0.39, 0.29) is 12.1 Å². The molecule has 0 saturated carbocycles. The van der Waals surface area contributed by atoms with Gasteiger partial charge in [0, 0.05) is 18.6 Å². The summed E-state index contributed by atoms with van der Waals surface area (Å²) in [6.45, 7) is 2.79. The van der Waals surface area contributed by atoms with Crippen molar-refractivity contribution < 1.29 is 14.6 Å². The van der Waals surface area contributed by atoms with E-state index in [0.29, 0.717) is 32.7 Å². The van der Waals surface area contributed by atoms with Gasteiger partial charge < -0.3 is 14.6 Å². The van der Waals surface area contributed by atoms with Crippen molar-refractivity contribution in [3.8, 4) is 5.75 Å². The quantitative estimate of drug-likeness (QED) is 0.643. The molecule has 0 spiro atoms. The molecule has 2 aliphatic rings. The van der Waals surface area contributed by atoms with E-state index < -0.39 is 5.60 Å². The predicted molar refractivity (Wildman–Crippen MR) is 121 cm³/mol. The van der Waals surface area contributed by atoms with Crippen molar-refractivity contribution in [2.24, 2.45) is 0 Å². The minimum Gasteiger partial charge on any atom is -0.489 e. The van der Waals surface area contributed by atoms with Gasteiger partial charge in [0.15, 0.2) is 0 Å². The number of piperidine rings is 1. The lowest BCUT2D eigenvalue weighted by Crippen LogP contribution is -2.60. The highest BCUT2D eigenvalue weighted by Gasteiger charge is 2.46. The van der Waals surface area contributed by atoms with Crippen molar-refractivity contribution in [1.82, 2.24) is 4.90 Å². The number of nitrogens with zero attached hydrogens (tertiary/aromatic N) is 1. The predicted octanol–water partition coefficient (Wildman–Crippen LogP) is 4.52. The summed E-state index contributed by atoms with van der Waals surface area (Å²) in [6, 6.07) is 29.1. The molecule has 3 aromatic rings. The fraction of sp³-hybridized carbons (Fsp3) is 0.333. The Morgan fingerprint density at radius 2 is 1.39 bits per heavy atom. The third-order valence-corrected chi connectivity index (χ3v) is 6.55. The number of ether oxygens (including phenoxy) is 2. The first kappa shape index (κ1) is 20.3. The van der Waals surface area contributed by atoms with Crippen LogP contribution in [-0.4, -0.2) is 35.3 Å². The smallest absolute Gasteiger partial charge is 0.119 e. The van der Waals surface area contributed by atoms with Crippen LogP contribution in [0, 0.1) is 0 Å². The second-order valence-electron chi connectivity index (χ2n) is 8.74. The molecule has 2 heterocycles. The summed E-state index contributed by atoms with van der Waals surface area (Å²) < 4.78 is 11.8. The average Bonchev–Trinajstić information content (AvgIpc) is 2.80. The van der Waals surface area contributed by atoms with Crippen molar-refractivity contribution >= 4 is 0 Å². The molecule has 1 N–H and O–H groups in total. The molecule has 2 fully saturated rings. The minimum absolute atomic E-state index is 0.215. The molecule has 0 amide bonds. The van der Waals surface area contributed by atoms with E-state index in [4.69, 9.17) is 9.47 Å². The van der Waals surface area contributed by atoms with Gasteiger partial charge in [-0.1, -0.05) is 72.8 Å². The molecule has 2 bridgehead atoms. The maximum Gasteiger partial charge on any atom is 0.119 e. The van der Waals surface area contributed by atoms with Crippen molar-refractivity contribution in [2.45, 2.75) is 43.7 Å². The zero-order chi connectivity index (χ0) is 21.1. The third-order valence-electron chi connectivity index (χ3n) is 6.55. The van der Waals surface area contributed by atoms with Gasteiger partial charge in [-0.2, -0.15) is 0 Å². The van der Waals surface area contributed by atoms with Gasteiger partial charge in [-0.3, -0.25) is 4.90 Å². The average molecular weight is 416 g/mol. The largest absolute Gasteiger partial charge is 0.489 e. The molecule has 5 rings (SSSR count). The van der Waals surface area contributed by atoms with Gasteiger partial charge in [-0.25, -0.2) is 0 Å². The zero-order valence-corrected chi connectivity index (χ0v) is 17.7. The number of hydrogen-bond donors (Lipinski definition) is 1. The molecule has 4 nitrogen and oxygen atoms in total. The summed E-state index contributed by atoms with van der Waals surface area (Å²) in [5.74, 6) is 0.821. The molecule has 31 heavy (non-hydrogen) atoms. The van der Waals surface area contributed by atoms with Crippen LogP contribution in [0.15, 0.2) is 84.9 Å². The van der Waals surface area contributed by atoms with Gasteiger partial charge in [0.1, 0.15) is 12.4 Å². The molecule has 0 aromatic heterocycles. The molecule has 2 aliphatic heterocycles. The van der Waals surface area contributed by atoms with Crippen LogP contribution in [0.4, 0.5) is 0 Å². The Hall–Kier alpha value is -2.66. The van der Waals surface area contributed by atoms with Crippen LogP contribution in [0.1, 0.15) is 29.5 Å². The molecular formula is C27H29NO3. The van der Waals surface area contributed by atoms with Gasteiger partial charge in [0.25, 0.3) is 0 Å². The number of fused-ring (bicyclic) bond motifs is 2. The molecule has 2 saturated heterocycles. The molecule has 4 heteroatoms. The first-order valence-corrected chi connectivity index (χ1v) is 11.1. The maximum atomic E-state index is 11.6. The molecule has 3 aromatic carbocycles. The number of benzene rings is 3. The normalized spacial score (nSPS) is 25.8. The Labute approximate surface area is 184 Å². The Kier molecular flexibility index (Phi) is 5.77. The molecule has 0 radical (unpaired) electrons. The Morgan fingerprint density at radius 1 is 0.806 bits per heavy atom. The summed E-state index contributed by atoms with van der Waals surface area (Å²) >= 11 is 0. The van der Waals surface area contributed by atoms with E-state index in [1.165, 1.54) is 5.56 Å². The molecule has 2 unspecified atom stereocenters.